The summed E-state index contributed by atoms with van der Waals surface area (Å²) < 4.78 is 5.31. The molecule has 34 heavy (non-hydrogen) atoms. The van der Waals surface area contributed by atoms with Gasteiger partial charge in [0.1, 0.15) is 0 Å². The number of fused-ring (bicyclic) bond motifs is 1. The van der Waals surface area contributed by atoms with Gasteiger partial charge in [-0.15, -0.1) is 11.3 Å². The van der Waals surface area contributed by atoms with Crippen LogP contribution < -0.4 is 10.2 Å². The zero-order valence-electron chi connectivity index (χ0n) is 19.4. The minimum absolute atomic E-state index is 0.296. The average molecular weight is 497 g/mol. The van der Waals surface area contributed by atoms with Gasteiger partial charge in [-0.25, -0.2) is 9.78 Å². The number of thiocarbonyl (C=S) groups is 1. The van der Waals surface area contributed by atoms with Crippen molar-refractivity contribution in [2.75, 3.05) is 50.8 Å². The Balaban J connectivity index is 1.30. The molecular formula is C24H28N6O2S2. The highest BCUT2D eigenvalue weighted by molar-refractivity contribution is 7.80. The van der Waals surface area contributed by atoms with Gasteiger partial charge >= 0.3 is 5.97 Å². The quantitative estimate of drug-likeness (QED) is 0.483. The summed E-state index contributed by atoms with van der Waals surface area (Å²) in [5, 5.41) is 7.03. The lowest BCUT2D eigenvalue weighted by molar-refractivity contribution is -0.138. The first-order valence-corrected chi connectivity index (χ1v) is 12.8. The van der Waals surface area contributed by atoms with E-state index in [1.54, 1.807) is 6.20 Å². The number of rotatable bonds is 6. The highest BCUT2D eigenvalue weighted by atomic mass is 32.1. The van der Waals surface area contributed by atoms with Gasteiger partial charge in [0.15, 0.2) is 16.0 Å². The second-order valence-corrected chi connectivity index (χ2v) is 9.88. The van der Waals surface area contributed by atoms with E-state index >= 15 is 0 Å². The first kappa shape index (κ1) is 22.9. The number of hydrogen-bond acceptors (Lipinski definition) is 8. The Kier molecular flexibility index (Phi) is 6.62. The van der Waals surface area contributed by atoms with Crippen molar-refractivity contribution in [3.8, 4) is 0 Å². The van der Waals surface area contributed by atoms with E-state index in [2.05, 4.69) is 61.2 Å². The molecule has 1 unspecified atom stereocenters. The molecule has 10 heteroatoms. The molecule has 0 radical (unpaired) electrons. The number of anilines is 1. The molecular weight excluding hydrogens is 468 g/mol. The number of carbonyl (C=O) groups excluding carboxylic acids is 1. The van der Waals surface area contributed by atoms with Crippen molar-refractivity contribution < 1.29 is 9.53 Å². The summed E-state index contributed by atoms with van der Waals surface area (Å²) in [6.45, 7) is 8.63. The van der Waals surface area contributed by atoms with Crippen LogP contribution in [-0.4, -0.2) is 83.6 Å². The van der Waals surface area contributed by atoms with Crippen molar-refractivity contribution in [2.45, 2.75) is 19.9 Å². The SMILES string of the molecule is CCOC(=O)C1=C(CN2CCN3C(=S)N(c4ccc(C)cc4)CC3C2)NC(c2nccs2)=NC1. The molecule has 2 fully saturated rings. The van der Waals surface area contributed by atoms with Gasteiger partial charge in [0.05, 0.1) is 24.8 Å². The third-order valence-electron chi connectivity index (χ3n) is 6.35. The van der Waals surface area contributed by atoms with E-state index in [0.717, 1.165) is 47.7 Å². The van der Waals surface area contributed by atoms with Gasteiger partial charge in [-0.1, -0.05) is 17.7 Å². The van der Waals surface area contributed by atoms with Crippen LogP contribution in [0, 0.1) is 6.92 Å². The molecule has 0 spiro atoms. The predicted octanol–water partition coefficient (Wildman–Crippen LogP) is 2.41. The molecule has 2 saturated heterocycles. The van der Waals surface area contributed by atoms with E-state index in [0.29, 0.717) is 37.1 Å². The van der Waals surface area contributed by atoms with Crippen LogP contribution in [-0.2, 0) is 9.53 Å². The van der Waals surface area contributed by atoms with E-state index in [-0.39, 0.29) is 5.97 Å². The molecule has 3 aliphatic heterocycles. The number of nitrogens with one attached hydrogen (secondary N) is 1. The normalized spacial score (nSPS) is 20.8. The summed E-state index contributed by atoms with van der Waals surface area (Å²) >= 11 is 7.35. The number of aromatic nitrogens is 1. The van der Waals surface area contributed by atoms with Crippen molar-refractivity contribution in [3.63, 3.8) is 0 Å². The molecule has 1 N–H and O–H groups in total. The molecule has 0 bridgehead atoms. The molecule has 0 saturated carbocycles. The van der Waals surface area contributed by atoms with Crippen molar-refractivity contribution in [2.24, 2.45) is 4.99 Å². The predicted molar refractivity (Wildman–Crippen MR) is 138 cm³/mol. The summed E-state index contributed by atoms with van der Waals surface area (Å²) in [5.41, 5.74) is 3.82. The van der Waals surface area contributed by atoms with Crippen LogP contribution >= 0.6 is 23.6 Å². The number of ether oxygens (including phenoxy) is 1. The van der Waals surface area contributed by atoms with Gasteiger partial charge in [-0.3, -0.25) is 9.89 Å². The number of aliphatic imine (C=N–C) groups is 1. The fourth-order valence-electron chi connectivity index (χ4n) is 4.59. The van der Waals surface area contributed by atoms with Crippen molar-refractivity contribution in [1.29, 1.82) is 0 Å². The maximum atomic E-state index is 12.6. The fraction of sp³-hybridized carbons (Fsp3) is 0.417. The second-order valence-electron chi connectivity index (χ2n) is 8.62. The van der Waals surface area contributed by atoms with Crippen LogP contribution in [0.3, 0.4) is 0 Å². The zero-order valence-corrected chi connectivity index (χ0v) is 21.0. The van der Waals surface area contributed by atoms with Gasteiger partial charge in [-0.2, -0.15) is 0 Å². The monoisotopic (exact) mass is 496 g/mol. The van der Waals surface area contributed by atoms with Crippen LogP contribution in [0.25, 0.3) is 0 Å². The Labute approximate surface area is 208 Å². The molecule has 0 amide bonds. The molecule has 4 heterocycles. The molecule has 2 aromatic rings. The maximum absolute atomic E-state index is 12.6. The molecule has 0 aliphatic carbocycles. The van der Waals surface area contributed by atoms with Gasteiger partial charge in [0, 0.05) is 55.7 Å². The van der Waals surface area contributed by atoms with Crippen molar-refractivity contribution in [3.05, 3.63) is 57.7 Å². The van der Waals surface area contributed by atoms with Gasteiger partial charge in [-0.05, 0) is 38.2 Å². The number of esters is 1. The Morgan fingerprint density at radius 1 is 1.26 bits per heavy atom. The largest absolute Gasteiger partial charge is 0.463 e. The Hall–Kier alpha value is -2.82. The first-order chi connectivity index (χ1) is 16.5. The lowest BCUT2D eigenvalue weighted by Gasteiger charge is -2.38. The third-order valence-corrected chi connectivity index (χ3v) is 7.58. The number of piperazine rings is 1. The van der Waals surface area contributed by atoms with Crippen molar-refractivity contribution in [1.82, 2.24) is 20.1 Å². The summed E-state index contributed by atoms with van der Waals surface area (Å²) in [5.74, 6) is 0.405. The van der Waals surface area contributed by atoms with Crippen LogP contribution in [0.1, 0.15) is 17.5 Å². The molecule has 1 aromatic heterocycles. The maximum Gasteiger partial charge on any atom is 0.337 e. The van der Waals surface area contributed by atoms with E-state index in [1.807, 2.05) is 12.3 Å². The van der Waals surface area contributed by atoms with Gasteiger partial charge in [0.2, 0.25) is 0 Å². The minimum atomic E-state index is -0.307. The molecule has 8 nitrogen and oxygen atoms in total. The number of hydrogen-bond donors (Lipinski definition) is 1. The Morgan fingerprint density at radius 3 is 2.82 bits per heavy atom. The van der Waals surface area contributed by atoms with Gasteiger partial charge in [0.25, 0.3) is 0 Å². The summed E-state index contributed by atoms with van der Waals surface area (Å²) in [7, 11) is 0. The number of benzene rings is 1. The lowest BCUT2D eigenvalue weighted by atomic mass is 10.1. The van der Waals surface area contributed by atoms with Crippen LogP contribution in [0.2, 0.25) is 0 Å². The van der Waals surface area contributed by atoms with Crippen molar-refractivity contribution >= 4 is 46.2 Å². The van der Waals surface area contributed by atoms with Gasteiger partial charge < -0.3 is 19.9 Å². The standard InChI is InChI=1S/C24H28N6O2S2/c1-3-32-23(31)19-12-26-21(22-25-8-11-34-22)27-20(19)15-28-9-10-29-18(13-28)14-30(24(29)33)17-6-4-16(2)5-7-17/h4-8,11,18H,3,9-10,12-15H2,1-2H3,(H,26,27). The van der Waals surface area contributed by atoms with Crippen LogP contribution in [0.15, 0.2) is 52.1 Å². The minimum Gasteiger partial charge on any atom is -0.463 e. The summed E-state index contributed by atoms with van der Waals surface area (Å²) in [4.78, 5) is 28.5. The third kappa shape index (κ3) is 4.57. The molecule has 1 atom stereocenters. The highest BCUT2D eigenvalue weighted by Crippen LogP contribution is 2.27. The number of nitrogens with zero attached hydrogens (tertiary/aromatic N) is 5. The summed E-state index contributed by atoms with van der Waals surface area (Å²) in [6, 6.07) is 8.84. The number of carbonyl (C=O) groups is 1. The molecule has 5 rings (SSSR count). The van der Waals surface area contributed by atoms with E-state index in [4.69, 9.17) is 17.0 Å². The summed E-state index contributed by atoms with van der Waals surface area (Å²) in [6.07, 6.45) is 1.76. The average Bonchev–Trinajstić information content (AvgIpc) is 3.48. The molecule has 3 aliphatic rings. The number of thiazole rings is 1. The van der Waals surface area contributed by atoms with Crippen LogP contribution in [0.4, 0.5) is 5.69 Å². The first-order valence-electron chi connectivity index (χ1n) is 11.5. The topological polar surface area (TPSA) is 73.3 Å². The zero-order chi connectivity index (χ0) is 23.7. The Bertz CT molecular complexity index is 1130. The number of amidine groups is 1. The fourth-order valence-corrected chi connectivity index (χ4v) is 5.61. The molecule has 1 aromatic carbocycles. The van der Waals surface area contributed by atoms with E-state index in [9.17, 15) is 4.79 Å². The Morgan fingerprint density at radius 2 is 2.09 bits per heavy atom. The second kappa shape index (κ2) is 9.81. The number of aryl methyl sites for hydroxylation is 1. The molecule has 178 valence electrons. The van der Waals surface area contributed by atoms with E-state index < -0.39 is 0 Å². The smallest absolute Gasteiger partial charge is 0.337 e. The lowest BCUT2D eigenvalue weighted by Crippen LogP contribution is -2.53. The van der Waals surface area contributed by atoms with E-state index in [1.165, 1.54) is 16.9 Å². The van der Waals surface area contributed by atoms with Crippen LogP contribution in [0.5, 0.6) is 0 Å². The highest BCUT2D eigenvalue weighted by Gasteiger charge is 2.39.